The summed E-state index contributed by atoms with van der Waals surface area (Å²) in [5.41, 5.74) is 1.80. The number of aliphatic carboxylic acids is 1. The Morgan fingerprint density at radius 2 is 2.11 bits per heavy atom. The van der Waals surface area contributed by atoms with Crippen LogP contribution in [0.25, 0.3) is 12.2 Å². The molecule has 1 aromatic rings. The Balaban J connectivity index is 1.97. The number of hydrogen-bond donors (Lipinski definition) is 1. The highest BCUT2D eigenvalue weighted by molar-refractivity contribution is 6.31. The molecule has 6 heteroatoms. The Labute approximate surface area is 163 Å². The summed E-state index contributed by atoms with van der Waals surface area (Å²) in [5.74, 6) is -0.667. The number of nitrogens with zero attached hydrogens (tertiary/aromatic N) is 2. The van der Waals surface area contributed by atoms with E-state index in [-0.39, 0.29) is 24.2 Å². The Morgan fingerprint density at radius 1 is 1.30 bits per heavy atom. The predicted molar refractivity (Wildman–Crippen MR) is 105 cm³/mol. The van der Waals surface area contributed by atoms with E-state index in [0.717, 1.165) is 39.8 Å². The van der Waals surface area contributed by atoms with Crippen LogP contribution < -0.4 is 10.7 Å². The number of halogens is 1. The van der Waals surface area contributed by atoms with E-state index < -0.39 is 5.97 Å². The molecule has 0 aliphatic heterocycles. The maximum atomic E-state index is 11.1. The molecule has 0 saturated heterocycles. The first kappa shape index (κ1) is 19.5. The van der Waals surface area contributed by atoms with Gasteiger partial charge in [-0.3, -0.25) is 4.79 Å². The number of carbonyl (C=O) groups is 2. The van der Waals surface area contributed by atoms with E-state index in [0.29, 0.717) is 19.3 Å². The van der Waals surface area contributed by atoms with Crippen molar-refractivity contribution in [1.29, 1.82) is 0 Å². The van der Waals surface area contributed by atoms with Crippen LogP contribution in [0.5, 0.6) is 0 Å². The highest BCUT2D eigenvalue weighted by Crippen LogP contribution is 2.32. The fraction of sp³-hybridized carbons (Fsp3) is 0.429. The van der Waals surface area contributed by atoms with Gasteiger partial charge in [-0.2, -0.15) is 0 Å². The molecule has 2 aliphatic rings. The maximum absolute atomic E-state index is 11.1. The van der Waals surface area contributed by atoms with Crippen molar-refractivity contribution in [2.45, 2.75) is 44.9 Å². The van der Waals surface area contributed by atoms with Gasteiger partial charge >= 0.3 is 5.97 Å². The molecule has 1 N–H and O–H groups in total. The number of unbranched alkanes of at least 4 members (excludes halogenated alkanes) is 1. The first-order chi connectivity index (χ1) is 13.0. The van der Waals surface area contributed by atoms with E-state index >= 15 is 0 Å². The third kappa shape index (κ3) is 4.72. The quantitative estimate of drug-likeness (QED) is 0.575. The number of aryl methyl sites for hydroxylation is 1. The minimum Gasteiger partial charge on any atom is -0.481 e. The summed E-state index contributed by atoms with van der Waals surface area (Å²) in [6.07, 6.45) is 13.5. The molecule has 0 aromatic carbocycles. The van der Waals surface area contributed by atoms with Gasteiger partial charge in [0.2, 0.25) is 0 Å². The van der Waals surface area contributed by atoms with Gasteiger partial charge in [0.1, 0.15) is 6.29 Å². The molecule has 0 amide bonds. The molecule has 1 heterocycles. The molecule has 0 spiro atoms. The topological polar surface area (TPSA) is 80.2 Å². The summed E-state index contributed by atoms with van der Waals surface area (Å²) >= 11 is 6.12. The first-order valence-corrected chi connectivity index (χ1v) is 9.67. The molecule has 27 heavy (non-hydrogen) atoms. The van der Waals surface area contributed by atoms with Crippen molar-refractivity contribution in [3.05, 3.63) is 45.3 Å². The molecule has 3 atom stereocenters. The van der Waals surface area contributed by atoms with E-state index in [1.54, 1.807) is 0 Å². The van der Waals surface area contributed by atoms with Gasteiger partial charge in [0.25, 0.3) is 0 Å². The highest BCUT2D eigenvalue weighted by Gasteiger charge is 2.24. The van der Waals surface area contributed by atoms with Crippen molar-refractivity contribution in [2.24, 2.45) is 11.8 Å². The average Bonchev–Trinajstić information content (AvgIpc) is 2.64. The Bertz CT molecular complexity index is 920. The second-order valence-corrected chi connectivity index (χ2v) is 7.57. The molecule has 3 unspecified atom stereocenters. The number of allylic oxidation sites excluding steroid dienone is 4. The molecule has 5 nitrogen and oxygen atoms in total. The van der Waals surface area contributed by atoms with Gasteiger partial charge in [-0.1, -0.05) is 36.8 Å². The monoisotopic (exact) mass is 386 g/mol. The molecular formula is C21H23ClN2O3. The summed E-state index contributed by atoms with van der Waals surface area (Å²) in [5, 5.41) is 11.1. The van der Waals surface area contributed by atoms with Crippen LogP contribution >= 0.6 is 11.6 Å². The zero-order valence-electron chi connectivity index (χ0n) is 15.3. The molecule has 2 aliphatic carbocycles. The number of rotatable bonds is 7. The van der Waals surface area contributed by atoms with Crippen LogP contribution in [-0.4, -0.2) is 27.3 Å². The summed E-state index contributed by atoms with van der Waals surface area (Å²) in [6.45, 7) is 2.10. The number of fused-ring (bicyclic) bond motifs is 1. The van der Waals surface area contributed by atoms with Crippen LogP contribution in [0.1, 0.15) is 49.9 Å². The van der Waals surface area contributed by atoms with Gasteiger partial charge in [0.05, 0.1) is 22.1 Å². The van der Waals surface area contributed by atoms with E-state index in [1.807, 2.05) is 24.3 Å². The van der Waals surface area contributed by atoms with Crippen molar-refractivity contribution in [3.8, 4) is 0 Å². The van der Waals surface area contributed by atoms with E-state index in [4.69, 9.17) is 26.7 Å². The SMILES string of the molecule is CC1C=C(Cl)C=CC1c1nc2c(nc1CCCCC(=O)O)=CC(C=O)CC=2. The lowest BCUT2D eigenvalue weighted by Crippen LogP contribution is -2.38. The van der Waals surface area contributed by atoms with Crippen molar-refractivity contribution in [3.63, 3.8) is 0 Å². The van der Waals surface area contributed by atoms with Crippen LogP contribution in [-0.2, 0) is 16.0 Å². The van der Waals surface area contributed by atoms with Crippen molar-refractivity contribution in [2.75, 3.05) is 0 Å². The lowest BCUT2D eigenvalue weighted by atomic mass is 9.85. The van der Waals surface area contributed by atoms with Crippen molar-refractivity contribution >= 4 is 36.0 Å². The Hall–Kier alpha value is -2.27. The van der Waals surface area contributed by atoms with Gasteiger partial charge in [0, 0.05) is 23.3 Å². The lowest BCUT2D eigenvalue weighted by Gasteiger charge is -2.23. The third-order valence-electron chi connectivity index (χ3n) is 5.01. The minimum atomic E-state index is -0.785. The van der Waals surface area contributed by atoms with Gasteiger partial charge in [0.15, 0.2) is 0 Å². The van der Waals surface area contributed by atoms with Crippen LogP contribution in [0.15, 0.2) is 23.3 Å². The number of carboxylic acids is 1. The molecule has 0 saturated carbocycles. The minimum absolute atomic E-state index is 0.0805. The number of carboxylic acid groups (broad SMARTS) is 1. The molecule has 0 bridgehead atoms. The Morgan fingerprint density at radius 3 is 2.81 bits per heavy atom. The fourth-order valence-electron chi connectivity index (χ4n) is 3.54. The van der Waals surface area contributed by atoms with Gasteiger partial charge in [-0.25, -0.2) is 9.97 Å². The molecule has 0 radical (unpaired) electrons. The molecule has 1 aromatic heterocycles. The van der Waals surface area contributed by atoms with E-state index in [2.05, 4.69) is 13.0 Å². The zero-order valence-corrected chi connectivity index (χ0v) is 16.0. The van der Waals surface area contributed by atoms with Crippen LogP contribution in [0.2, 0.25) is 0 Å². The largest absolute Gasteiger partial charge is 0.481 e. The third-order valence-corrected chi connectivity index (χ3v) is 5.26. The zero-order chi connectivity index (χ0) is 19.4. The van der Waals surface area contributed by atoms with E-state index in [1.165, 1.54) is 0 Å². The van der Waals surface area contributed by atoms with Gasteiger partial charge in [-0.15, -0.1) is 0 Å². The fourth-order valence-corrected chi connectivity index (χ4v) is 3.81. The van der Waals surface area contributed by atoms with Crippen LogP contribution in [0.4, 0.5) is 0 Å². The standard InChI is InChI=1S/C21H23ClN2O3/c1-13-10-15(22)7-8-16(13)21-18(4-2-3-5-20(26)27)23-19-11-14(12-25)6-9-17(19)24-21/h7-14,16H,2-6H2,1H3,(H,26,27). The first-order valence-electron chi connectivity index (χ1n) is 9.29. The smallest absolute Gasteiger partial charge is 0.303 e. The highest BCUT2D eigenvalue weighted by atomic mass is 35.5. The number of hydrogen-bond acceptors (Lipinski definition) is 4. The van der Waals surface area contributed by atoms with Crippen LogP contribution in [0, 0.1) is 11.8 Å². The number of aldehydes is 1. The normalized spacial score (nSPS) is 23.6. The Kier molecular flexibility index (Phi) is 6.22. The molecule has 142 valence electrons. The van der Waals surface area contributed by atoms with E-state index in [9.17, 15) is 9.59 Å². The predicted octanol–water partition coefficient (Wildman–Crippen LogP) is 2.47. The summed E-state index contributed by atoms with van der Waals surface area (Å²) in [4.78, 5) is 31.6. The summed E-state index contributed by atoms with van der Waals surface area (Å²) in [6, 6.07) is 0. The molecular weight excluding hydrogens is 364 g/mol. The van der Waals surface area contributed by atoms with Gasteiger partial charge < -0.3 is 9.90 Å². The average molecular weight is 387 g/mol. The second kappa shape index (κ2) is 8.61. The summed E-state index contributed by atoms with van der Waals surface area (Å²) in [7, 11) is 0. The number of carbonyl (C=O) groups excluding carboxylic acids is 1. The molecule has 0 fully saturated rings. The molecule has 3 rings (SSSR count). The second-order valence-electron chi connectivity index (χ2n) is 7.13. The van der Waals surface area contributed by atoms with Crippen molar-refractivity contribution in [1.82, 2.24) is 9.97 Å². The van der Waals surface area contributed by atoms with Crippen molar-refractivity contribution < 1.29 is 14.7 Å². The van der Waals surface area contributed by atoms with Crippen LogP contribution in [0.3, 0.4) is 0 Å². The lowest BCUT2D eigenvalue weighted by molar-refractivity contribution is -0.137. The van der Waals surface area contributed by atoms with Gasteiger partial charge in [-0.05, 0) is 43.8 Å². The maximum Gasteiger partial charge on any atom is 0.303 e. The number of aromatic nitrogens is 2. The summed E-state index contributed by atoms with van der Waals surface area (Å²) < 4.78 is 0.